The normalized spacial score (nSPS) is 24.3. The first-order valence-corrected chi connectivity index (χ1v) is 9.04. The molecule has 0 radical (unpaired) electrons. The molecular formula is C19H26N2O3. The molecule has 3 rings (SSSR count). The molecule has 0 unspecified atom stereocenters. The highest BCUT2D eigenvalue weighted by atomic mass is 16.6. The molecule has 2 N–H and O–H groups in total. The lowest BCUT2D eigenvalue weighted by atomic mass is 9.92. The average Bonchev–Trinajstić information content (AvgIpc) is 3.10. The van der Waals surface area contributed by atoms with Crippen molar-refractivity contribution in [2.45, 2.75) is 63.5 Å². The molecule has 0 bridgehead atoms. The van der Waals surface area contributed by atoms with Gasteiger partial charge in [-0.1, -0.05) is 31.0 Å². The summed E-state index contributed by atoms with van der Waals surface area (Å²) in [4.78, 5) is 24.3. The standard InChI is InChI=1S/C19H26N2O3/c22-18(14-7-4-5-8-14)20-16-11-6-12-17(13-16)24-19(23)21-15-9-2-1-3-10-15/h1-3,9-10,14,16-17H,4-8,11-13H2,(H,20,22)(H,21,23)/t16-,17-/m0/s1. The summed E-state index contributed by atoms with van der Waals surface area (Å²) in [6, 6.07) is 9.41. The van der Waals surface area contributed by atoms with E-state index in [-0.39, 0.29) is 24.0 Å². The van der Waals surface area contributed by atoms with Crippen LogP contribution in [0.15, 0.2) is 30.3 Å². The van der Waals surface area contributed by atoms with Gasteiger partial charge in [0.1, 0.15) is 6.10 Å². The van der Waals surface area contributed by atoms with Gasteiger partial charge in [0.2, 0.25) is 5.91 Å². The Balaban J connectivity index is 1.44. The van der Waals surface area contributed by atoms with E-state index in [0.717, 1.165) is 50.6 Å². The SMILES string of the molecule is O=C(Nc1ccccc1)O[C@H]1CCC[C@H](NC(=O)C2CCCC2)C1. The first kappa shape index (κ1) is 16.8. The summed E-state index contributed by atoms with van der Waals surface area (Å²) in [5.74, 6) is 0.375. The fraction of sp³-hybridized carbons (Fsp3) is 0.579. The minimum atomic E-state index is -0.422. The number of benzene rings is 1. The molecule has 5 heteroatoms. The number of amides is 2. The van der Waals surface area contributed by atoms with Gasteiger partial charge in [-0.2, -0.15) is 0 Å². The van der Waals surface area contributed by atoms with E-state index in [1.54, 1.807) is 0 Å². The first-order valence-electron chi connectivity index (χ1n) is 9.04. The molecule has 0 saturated heterocycles. The molecule has 2 atom stereocenters. The van der Waals surface area contributed by atoms with Crippen LogP contribution in [0.25, 0.3) is 0 Å². The van der Waals surface area contributed by atoms with Gasteiger partial charge in [-0.25, -0.2) is 4.79 Å². The number of nitrogens with one attached hydrogen (secondary N) is 2. The van der Waals surface area contributed by atoms with Gasteiger partial charge in [-0.15, -0.1) is 0 Å². The number of ether oxygens (including phenoxy) is 1. The van der Waals surface area contributed by atoms with E-state index >= 15 is 0 Å². The maximum absolute atomic E-state index is 12.3. The molecule has 130 valence electrons. The highest BCUT2D eigenvalue weighted by molar-refractivity contribution is 5.84. The van der Waals surface area contributed by atoms with Crippen LogP contribution in [-0.2, 0) is 9.53 Å². The van der Waals surface area contributed by atoms with Crippen LogP contribution in [0.1, 0.15) is 51.4 Å². The van der Waals surface area contributed by atoms with Crippen LogP contribution in [0.2, 0.25) is 0 Å². The summed E-state index contributed by atoms with van der Waals surface area (Å²) >= 11 is 0. The van der Waals surface area contributed by atoms with E-state index in [4.69, 9.17) is 4.74 Å². The van der Waals surface area contributed by atoms with E-state index in [1.165, 1.54) is 0 Å². The summed E-state index contributed by atoms with van der Waals surface area (Å²) in [6.45, 7) is 0. The Morgan fingerprint density at radius 1 is 0.958 bits per heavy atom. The number of rotatable bonds is 4. The number of hydrogen-bond donors (Lipinski definition) is 2. The first-order chi connectivity index (χ1) is 11.7. The van der Waals surface area contributed by atoms with E-state index in [0.29, 0.717) is 6.42 Å². The van der Waals surface area contributed by atoms with Gasteiger partial charge in [0.05, 0.1) is 0 Å². The maximum atomic E-state index is 12.3. The van der Waals surface area contributed by atoms with Crippen LogP contribution in [0.4, 0.5) is 10.5 Å². The van der Waals surface area contributed by atoms with Gasteiger partial charge in [-0.3, -0.25) is 10.1 Å². The van der Waals surface area contributed by atoms with Crippen LogP contribution < -0.4 is 10.6 Å². The molecule has 0 spiro atoms. The molecule has 0 aliphatic heterocycles. The van der Waals surface area contributed by atoms with Crippen LogP contribution in [0.3, 0.4) is 0 Å². The van der Waals surface area contributed by atoms with Crippen molar-refractivity contribution in [2.24, 2.45) is 5.92 Å². The van der Waals surface area contributed by atoms with Crippen molar-refractivity contribution in [3.8, 4) is 0 Å². The van der Waals surface area contributed by atoms with Crippen molar-refractivity contribution in [1.29, 1.82) is 0 Å². The van der Waals surface area contributed by atoms with Crippen LogP contribution in [-0.4, -0.2) is 24.1 Å². The van der Waals surface area contributed by atoms with Crippen LogP contribution in [0, 0.1) is 5.92 Å². The third kappa shape index (κ3) is 4.73. The van der Waals surface area contributed by atoms with Gasteiger partial charge in [0, 0.05) is 24.1 Å². The molecule has 0 heterocycles. The summed E-state index contributed by atoms with van der Waals surface area (Å²) in [5.41, 5.74) is 0.726. The number of para-hydroxylation sites is 1. The van der Waals surface area contributed by atoms with Crippen molar-refractivity contribution in [1.82, 2.24) is 5.32 Å². The Bertz CT molecular complexity index is 555. The number of anilines is 1. The average molecular weight is 330 g/mol. The molecule has 2 fully saturated rings. The number of carbonyl (C=O) groups excluding carboxylic acids is 2. The Morgan fingerprint density at radius 3 is 2.46 bits per heavy atom. The van der Waals surface area contributed by atoms with Crippen molar-refractivity contribution >= 4 is 17.7 Å². The van der Waals surface area contributed by atoms with Gasteiger partial charge < -0.3 is 10.1 Å². The molecule has 2 aliphatic rings. The largest absolute Gasteiger partial charge is 0.446 e. The fourth-order valence-corrected chi connectivity index (χ4v) is 3.71. The molecule has 24 heavy (non-hydrogen) atoms. The topological polar surface area (TPSA) is 67.4 Å². The molecule has 0 aromatic heterocycles. The predicted octanol–water partition coefficient (Wildman–Crippen LogP) is 3.85. The predicted molar refractivity (Wildman–Crippen MR) is 92.7 cm³/mol. The zero-order valence-corrected chi connectivity index (χ0v) is 14.0. The molecule has 2 aliphatic carbocycles. The Hall–Kier alpha value is -2.04. The lowest BCUT2D eigenvalue weighted by Crippen LogP contribution is -2.43. The van der Waals surface area contributed by atoms with Crippen molar-refractivity contribution < 1.29 is 14.3 Å². The summed E-state index contributed by atoms with van der Waals surface area (Å²) in [6.07, 6.45) is 7.30. The molecule has 5 nitrogen and oxygen atoms in total. The van der Waals surface area contributed by atoms with E-state index in [2.05, 4.69) is 10.6 Å². The summed E-state index contributed by atoms with van der Waals surface area (Å²) < 4.78 is 5.53. The highest BCUT2D eigenvalue weighted by Crippen LogP contribution is 2.27. The Labute approximate surface area is 143 Å². The quantitative estimate of drug-likeness (QED) is 0.881. The third-order valence-electron chi connectivity index (χ3n) is 4.99. The Morgan fingerprint density at radius 2 is 1.71 bits per heavy atom. The molecule has 1 aromatic carbocycles. The minimum absolute atomic E-state index is 0.126. The second-order valence-corrected chi connectivity index (χ2v) is 6.87. The van der Waals surface area contributed by atoms with Gasteiger partial charge in [-0.05, 0) is 44.2 Å². The number of carbonyl (C=O) groups is 2. The molecular weight excluding hydrogens is 304 g/mol. The lowest BCUT2D eigenvalue weighted by molar-refractivity contribution is -0.125. The maximum Gasteiger partial charge on any atom is 0.411 e. The highest BCUT2D eigenvalue weighted by Gasteiger charge is 2.29. The molecule has 2 saturated carbocycles. The van der Waals surface area contributed by atoms with Crippen LogP contribution >= 0.6 is 0 Å². The fourth-order valence-electron chi connectivity index (χ4n) is 3.71. The van der Waals surface area contributed by atoms with Gasteiger partial charge in [0.15, 0.2) is 0 Å². The second-order valence-electron chi connectivity index (χ2n) is 6.87. The monoisotopic (exact) mass is 330 g/mol. The summed E-state index contributed by atoms with van der Waals surface area (Å²) in [5, 5.41) is 5.90. The zero-order chi connectivity index (χ0) is 16.8. The van der Waals surface area contributed by atoms with Crippen molar-refractivity contribution in [2.75, 3.05) is 5.32 Å². The van der Waals surface area contributed by atoms with Gasteiger partial charge in [0.25, 0.3) is 0 Å². The Kier molecular flexibility index (Phi) is 5.72. The number of hydrogen-bond acceptors (Lipinski definition) is 3. The smallest absolute Gasteiger partial charge is 0.411 e. The van der Waals surface area contributed by atoms with Crippen molar-refractivity contribution in [3.05, 3.63) is 30.3 Å². The molecule has 2 amide bonds. The van der Waals surface area contributed by atoms with E-state index in [9.17, 15) is 9.59 Å². The summed E-state index contributed by atoms with van der Waals surface area (Å²) in [7, 11) is 0. The molecule has 1 aromatic rings. The lowest BCUT2D eigenvalue weighted by Gasteiger charge is -2.30. The van der Waals surface area contributed by atoms with Crippen molar-refractivity contribution in [3.63, 3.8) is 0 Å². The second kappa shape index (κ2) is 8.18. The van der Waals surface area contributed by atoms with Crippen LogP contribution in [0.5, 0.6) is 0 Å². The van der Waals surface area contributed by atoms with E-state index in [1.807, 2.05) is 30.3 Å². The minimum Gasteiger partial charge on any atom is -0.446 e. The third-order valence-corrected chi connectivity index (χ3v) is 4.99. The van der Waals surface area contributed by atoms with Gasteiger partial charge >= 0.3 is 6.09 Å². The van der Waals surface area contributed by atoms with E-state index < -0.39 is 6.09 Å². The zero-order valence-electron chi connectivity index (χ0n) is 14.0.